The van der Waals surface area contributed by atoms with Crippen LogP contribution in [0, 0.1) is 0 Å². The van der Waals surface area contributed by atoms with Gasteiger partial charge in [-0.2, -0.15) is 11.3 Å². The minimum atomic E-state index is -0.701. The third kappa shape index (κ3) is 4.88. The Hall–Kier alpha value is -0.190. The van der Waals surface area contributed by atoms with Gasteiger partial charge in [-0.15, -0.1) is 0 Å². The van der Waals surface area contributed by atoms with Gasteiger partial charge in [-0.05, 0) is 42.2 Å². The minimum absolute atomic E-state index is 0.167. The lowest BCUT2D eigenvalue weighted by atomic mass is 10.3. The highest BCUT2D eigenvalue weighted by molar-refractivity contribution is 7.84. The van der Waals surface area contributed by atoms with Crippen LogP contribution in [-0.4, -0.2) is 21.8 Å². The summed E-state index contributed by atoms with van der Waals surface area (Å²) in [5.41, 5.74) is 6.89. The molecule has 0 aliphatic rings. The largest absolute Gasteiger partial charge is 0.328 e. The van der Waals surface area contributed by atoms with Crippen molar-refractivity contribution in [2.45, 2.75) is 25.8 Å². The smallest absolute Gasteiger partial charge is 0.0275 e. The summed E-state index contributed by atoms with van der Waals surface area (Å²) in [6.07, 6.45) is 1.78. The van der Waals surface area contributed by atoms with Crippen LogP contribution in [0.3, 0.4) is 0 Å². The molecular formula is C10H17NOS2. The van der Waals surface area contributed by atoms with Gasteiger partial charge in [0, 0.05) is 28.3 Å². The van der Waals surface area contributed by atoms with Gasteiger partial charge in [-0.1, -0.05) is 0 Å². The van der Waals surface area contributed by atoms with Crippen molar-refractivity contribution < 1.29 is 4.21 Å². The Kier molecular flexibility index (Phi) is 5.37. The van der Waals surface area contributed by atoms with Crippen LogP contribution in [-0.2, 0) is 17.2 Å². The van der Waals surface area contributed by atoms with Crippen molar-refractivity contribution in [1.82, 2.24) is 0 Å². The Morgan fingerprint density at radius 2 is 2.36 bits per heavy atom. The van der Waals surface area contributed by atoms with E-state index in [9.17, 15) is 4.21 Å². The maximum Gasteiger partial charge on any atom is 0.0275 e. The highest BCUT2D eigenvalue weighted by atomic mass is 32.2. The van der Waals surface area contributed by atoms with Crippen molar-refractivity contribution >= 4 is 22.1 Å². The van der Waals surface area contributed by atoms with E-state index in [1.54, 1.807) is 11.3 Å². The van der Waals surface area contributed by atoms with Crippen LogP contribution < -0.4 is 5.73 Å². The molecule has 2 unspecified atom stereocenters. The summed E-state index contributed by atoms with van der Waals surface area (Å²) < 4.78 is 11.5. The van der Waals surface area contributed by atoms with Crippen LogP contribution >= 0.6 is 11.3 Å². The van der Waals surface area contributed by atoms with Crippen molar-refractivity contribution in [2.24, 2.45) is 5.73 Å². The Balaban J connectivity index is 2.15. The molecule has 0 saturated carbocycles. The van der Waals surface area contributed by atoms with Gasteiger partial charge in [0.2, 0.25) is 0 Å². The predicted octanol–water partition coefficient (Wildman–Crippen LogP) is 1.78. The van der Waals surface area contributed by atoms with Gasteiger partial charge in [-0.25, -0.2) is 0 Å². The third-order valence-corrected chi connectivity index (χ3v) is 4.08. The first-order valence-corrected chi connectivity index (χ1v) is 7.23. The summed E-state index contributed by atoms with van der Waals surface area (Å²) in [4.78, 5) is 0. The first-order chi connectivity index (χ1) is 6.68. The molecule has 0 bridgehead atoms. The van der Waals surface area contributed by atoms with E-state index in [1.807, 2.05) is 6.92 Å². The molecule has 2 N–H and O–H groups in total. The number of thiophene rings is 1. The topological polar surface area (TPSA) is 43.1 Å². The van der Waals surface area contributed by atoms with Gasteiger partial charge in [0.05, 0.1) is 0 Å². The molecule has 14 heavy (non-hydrogen) atoms. The quantitative estimate of drug-likeness (QED) is 0.811. The standard InChI is InChI=1S/C10H17NOS2/c1-9(11)3-6-14(12)7-4-10-2-5-13-8-10/h2,5,8-9H,3-4,6-7,11H2,1H3. The Labute approximate surface area is 92.0 Å². The Morgan fingerprint density at radius 3 is 2.93 bits per heavy atom. The van der Waals surface area contributed by atoms with Crippen molar-refractivity contribution in [3.05, 3.63) is 22.4 Å². The third-order valence-electron chi connectivity index (χ3n) is 2.00. The van der Waals surface area contributed by atoms with Crippen LogP contribution in [0.2, 0.25) is 0 Å². The lowest BCUT2D eigenvalue weighted by molar-refractivity contribution is 0.667. The second-order valence-electron chi connectivity index (χ2n) is 3.50. The van der Waals surface area contributed by atoms with E-state index in [-0.39, 0.29) is 6.04 Å². The monoisotopic (exact) mass is 231 g/mol. The highest BCUT2D eigenvalue weighted by Crippen LogP contribution is 2.07. The molecule has 2 nitrogen and oxygen atoms in total. The van der Waals surface area contributed by atoms with Gasteiger partial charge >= 0.3 is 0 Å². The molecule has 80 valence electrons. The van der Waals surface area contributed by atoms with E-state index in [0.717, 1.165) is 24.3 Å². The van der Waals surface area contributed by atoms with Crippen LogP contribution in [0.4, 0.5) is 0 Å². The fraction of sp³-hybridized carbons (Fsp3) is 0.600. The number of nitrogens with two attached hydrogens (primary N) is 1. The molecule has 0 amide bonds. The molecule has 2 atom stereocenters. The second kappa shape index (κ2) is 6.32. The average molecular weight is 231 g/mol. The Bertz CT molecular complexity index is 270. The van der Waals surface area contributed by atoms with Crippen LogP contribution in [0.1, 0.15) is 18.9 Å². The molecule has 4 heteroatoms. The molecule has 0 spiro atoms. The van der Waals surface area contributed by atoms with Crippen molar-refractivity contribution in [2.75, 3.05) is 11.5 Å². The molecular weight excluding hydrogens is 214 g/mol. The van der Waals surface area contributed by atoms with E-state index >= 15 is 0 Å². The lowest BCUT2D eigenvalue weighted by Gasteiger charge is -2.04. The van der Waals surface area contributed by atoms with E-state index in [1.165, 1.54) is 5.56 Å². The molecule has 0 aliphatic heterocycles. The minimum Gasteiger partial charge on any atom is -0.328 e. The van der Waals surface area contributed by atoms with E-state index < -0.39 is 10.8 Å². The van der Waals surface area contributed by atoms with Crippen LogP contribution in [0.25, 0.3) is 0 Å². The predicted molar refractivity (Wildman–Crippen MR) is 64.2 cm³/mol. The zero-order valence-electron chi connectivity index (χ0n) is 8.44. The van der Waals surface area contributed by atoms with Gasteiger partial charge < -0.3 is 5.73 Å². The molecule has 1 aromatic heterocycles. The summed E-state index contributed by atoms with van der Waals surface area (Å²) in [5, 5.41) is 4.17. The Morgan fingerprint density at radius 1 is 1.57 bits per heavy atom. The average Bonchev–Trinajstić information content (AvgIpc) is 2.63. The number of aryl methyl sites for hydroxylation is 1. The molecule has 1 aromatic rings. The lowest BCUT2D eigenvalue weighted by Crippen LogP contribution is -2.18. The molecule has 1 rings (SSSR count). The van der Waals surface area contributed by atoms with Gasteiger partial charge in [-0.3, -0.25) is 4.21 Å². The highest BCUT2D eigenvalue weighted by Gasteiger charge is 2.02. The van der Waals surface area contributed by atoms with Crippen LogP contribution in [0.15, 0.2) is 16.8 Å². The molecule has 1 heterocycles. The zero-order chi connectivity index (χ0) is 10.4. The first kappa shape index (κ1) is 11.9. The SMILES string of the molecule is CC(N)CCS(=O)CCc1ccsc1. The van der Waals surface area contributed by atoms with Gasteiger partial charge in [0.1, 0.15) is 0 Å². The number of rotatable bonds is 6. The molecule has 0 saturated heterocycles. The maximum atomic E-state index is 11.5. The molecule has 0 radical (unpaired) electrons. The van der Waals surface area contributed by atoms with E-state index in [0.29, 0.717) is 0 Å². The van der Waals surface area contributed by atoms with Crippen molar-refractivity contribution in [3.63, 3.8) is 0 Å². The fourth-order valence-electron chi connectivity index (χ4n) is 1.09. The van der Waals surface area contributed by atoms with Gasteiger partial charge in [0.15, 0.2) is 0 Å². The second-order valence-corrected chi connectivity index (χ2v) is 5.97. The number of hydrogen-bond donors (Lipinski definition) is 1. The summed E-state index contributed by atoms with van der Waals surface area (Å²) in [5.74, 6) is 1.51. The summed E-state index contributed by atoms with van der Waals surface area (Å²) in [6.45, 7) is 1.95. The van der Waals surface area contributed by atoms with E-state index in [4.69, 9.17) is 5.73 Å². The van der Waals surface area contributed by atoms with Gasteiger partial charge in [0.25, 0.3) is 0 Å². The fourth-order valence-corrected chi connectivity index (χ4v) is 3.09. The molecule has 0 aliphatic carbocycles. The zero-order valence-corrected chi connectivity index (χ0v) is 10.1. The van der Waals surface area contributed by atoms with Crippen molar-refractivity contribution in [1.29, 1.82) is 0 Å². The number of hydrogen-bond acceptors (Lipinski definition) is 3. The molecule has 0 fully saturated rings. The first-order valence-electron chi connectivity index (χ1n) is 4.80. The normalized spacial score (nSPS) is 15.3. The maximum absolute atomic E-state index is 11.5. The van der Waals surface area contributed by atoms with E-state index in [2.05, 4.69) is 16.8 Å². The summed E-state index contributed by atoms with van der Waals surface area (Å²) >= 11 is 1.69. The summed E-state index contributed by atoms with van der Waals surface area (Å²) in [6, 6.07) is 2.26. The molecule has 0 aromatic carbocycles. The summed E-state index contributed by atoms with van der Waals surface area (Å²) in [7, 11) is -0.701. The van der Waals surface area contributed by atoms with Crippen LogP contribution in [0.5, 0.6) is 0 Å². The van der Waals surface area contributed by atoms with Crippen molar-refractivity contribution in [3.8, 4) is 0 Å².